The van der Waals surface area contributed by atoms with Crippen molar-refractivity contribution < 1.29 is 0 Å². The van der Waals surface area contributed by atoms with Gasteiger partial charge in [0.15, 0.2) is 0 Å². The maximum atomic E-state index is 6.21. The van der Waals surface area contributed by atoms with E-state index in [1.807, 2.05) is 13.8 Å². The lowest BCUT2D eigenvalue weighted by Crippen LogP contribution is -2.32. The van der Waals surface area contributed by atoms with Crippen molar-refractivity contribution in [2.45, 2.75) is 46.2 Å². The second-order valence-corrected chi connectivity index (χ2v) is 5.30. The third-order valence-electron chi connectivity index (χ3n) is 2.93. The van der Waals surface area contributed by atoms with Crippen molar-refractivity contribution in [2.75, 3.05) is 0 Å². The van der Waals surface area contributed by atoms with E-state index in [1.165, 1.54) is 11.1 Å². The topological polar surface area (TPSA) is 43.8 Å². The average molecular weight is 231 g/mol. The van der Waals surface area contributed by atoms with E-state index in [2.05, 4.69) is 36.6 Å². The summed E-state index contributed by atoms with van der Waals surface area (Å²) in [5.74, 6) is 0.972. The van der Waals surface area contributed by atoms with Crippen LogP contribution in [0.4, 0.5) is 0 Å². The fourth-order valence-corrected chi connectivity index (χ4v) is 2.18. The van der Waals surface area contributed by atoms with Crippen LogP contribution in [-0.4, -0.2) is 9.55 Å². The Morgan fingerprint density at radius 2 is 2.06 bits per heavy atom. The molecule has 1 aromatic carbocycles. The maximum absolute atomic E-state index is 6.21. The van der Waals surface area contributed by atoms with Crippen LogP contribution in [0, 0.1) is 6.92 Å². The summed E-state index contributed by atoms with van der Waals surface area (Å²) < 4.78 is 2.24. The van der Waals surface area contributed by atoms with Crippen LogP contribution in [0.1, 0.15) is 38.6 Å². The highest BCUT2D eigenvalue weighted by atomic mass is 15.1. The molecule has 0 unspecified atom stereocenters. The van der Waals surface area contributed by atoms with Crippen molar-refractivity contribution in [1.29, 1.82) is 0 Å². The molecule has 92 valence electrons. The van der Waals surface area contributed by atoms with E-state index in [0.717, 1.165) is 24.3 Å². The SMILES string of the molecule is CCCn1c(C(C)(C)N)nc2cc(C)ccc21. The molecule has 2 aromatic rings. The Bertz CT molecular complexity index is 532. The van der Waals surface area contributed by atoms with Gasteiger partial charge in [-0.05, 0) is 44.9 Å². The molecule has 0 radical (unpaired) electrons. The van der Waals surface area contributed by atoms with Gasteiger partial charge in [0.1, 0.15) is 5.82 Å². The van der Waals surface area contributed by atoms with Crippen molar-refractivity contribution in [3.8, 4) is 0 Å². The fourth-order valence-electron chi connectivity index (χ4n) is 2.18. The molecule has 0 spiro atoms. The number of nitrogens with zero attached hydrogens (tertiary/aromatic N) is 2. The van der Waals surface area contributed by atoms with Crippen molar-refractivity contribution in [3.05, 3.63) is 29.6 Å². The number of fused-ring (bicyclic) bond motifs is 1. The lowest BCUT2D eigenvalue weighted by atomic mass is 10.1. The van der Waals surface area contributed by atoms with Gasteiger partial charge in [0.25, 0.3) is 0 Å². The Kier molecular flexibility index (Phi) is 2.96. The zero-order chi connectivity index (χ0) is 12.6. The van der Waals surface area contributed by atoms with Crippen LogP contribution in [0.3, 0.4) is 0 Å². The molecule has 2 N–H and O–H groups in total. The molecular weight excluding hydrogens is 210 g/mol. The normalized spacial score (nSPS) is 12.3. The Balaban J connectivity index is 2.70. The Morgan fingerprint density at radius 3 is 2.65 bits per heavy atom. The van der Waals surface area contributed by atoms with Crippen LogP contribution in [-0.2, 0) is 12.1 Å². The Morgan fingerprint density at radius 1 is 1.35 bits per heavy atom. The number of hydrogen-bond acceptors (Lipinski definition) is 2. The van der Waals surface area contributed by atoms with Crippen LogP contribution in [0.15, 0.2) is 18.2 Å². The smallest absolute Gasteiger partial charge is 0.129 e. The molecule has 0 atom stereocenters. The van der Waals surface area contributed by atoms with Crippen molar-refractivity contribution in [1.82, 2.24) is 9.55 Å². The predicted octanol–water partition coefficient (Wildman–Crippen LogP) is 2.95. The minimum absolute atomic E-state index is 0.401. The van der Waals surface area contributed by atoms with Gasteiger partial charge in [-0.2, -0.15) is 0 Å². The van der Waals surface area contributed by atoms with Gasteiger partial charge in [0, 0.05) is 6.54 Å². The Labute approximate surface area is 103 Å². The number of benzene rings is 1. The number of aromatic nitrogens is 2. The van der Waals surface area contributed by atoms with Gasteiger partial charge in [-0.15, -0.1) is 0 Å². The van der Waals surface area contributed by atoms with Crippen molar-refractivity contribution >= 4 is 11.0 Å². The fraction of sp³-hybridized carbons (Fsp3) is 0.500. The molecule has 0 fully saturated rings. The van der Waals surface area contributed by atoms with Gasteiger partial charge in [-0.3, -0.25) is 0 Å². The first-order valence-electron chi connectivity index (χ1n) is 6.19. The van der Waals surface area contributed by atoms with E-state index in [9.17, 15) is 0 Å². The van der Waals surface area contributed by atoms with E-state index >= 15 is 0 Å². The summed E-state index contributed by atoms with van der Waals surface area (Å²) in [6.07, 6.45) is 1.09. The minimum Gasteiger partial charge on any atom is -0.326 e. The zero-order valence-corrected chi connectivity index (χ0v) is 11.1. The first-order valence-corrected chi connectivity index (χ1v) is 6.19. The monoisotopic (exact) mass is 231 g/mol. The van der Waals surface area contributed by atoms with Crippen LogP contribution < -0.4 is 5.73 Å². The van der Waals surface area contributed by atoms with Gasteiger partial charge in [-0.1, -0.05) is 13.0 Å². The maximum Gasteiger partial charge on any atom is 0.129 e. The zero-order valence-electron chi connectivity index (χ0n) is 11.1. The summed E-state index contributed by atoms with van der Waals surface area (Å²) in [7, 11) is 0. The van der Waals surface area contributed by atoms with Crippen molar-refractivity contribution in [3.63, 3.8) is 0 Å². The molecule has 17 heavy (non-hydrogen) atoms. The Hall–Kier alpha value is -1.35. The third kappa shape index (κ3) is 2.20. The lowest BCUT2D eigenvalue weighted by Gasteiger charge is -2.19. The van der Waals surface area contributed by atoms with E-state index in [1.54, 1.807) is 0 Å². The van der Waals surface area contributed by atoms with Crippen molar-refractivity contribution in [2.24, 2.45) is 5.73 Å². The third-order valence-corrected chi connectivity index (χ3v) is 2.93. The standard InChI is InChI=1S/C14H21N3/c1-5-8-17-12-7-6-10(2)9-11(12)16-13(17)14(3,4)15/h6-7,9H,5,8,15H2,1-4H3. The lowest BCUT2D eigenvalue weighted by molar-refractivity contribution is 0.477. The molecule has 0 saturated carbocycles. The summed E-state index contributed by atoms with van der Waals surface area (Å²) in [4.78, 5) is 4.70. The molecule has 0 aliphatic carbocycles. The first kappa shape index (κ1) is 12.1. The molecule has 0 amide bonds. The van der Waals surface area contributed by atoms with E-state index < -0.39 is 5.54 Å². The van der Waals surface area contributed by atoms with Gasteiger partial charge in [0.2, 0.25) is 0 Å². The highest BCUT2D eigenvalue weighted by molar-refractivity contribution is 5.77. The molecule has 0 saturated heterocycles. The largest absolute Gasteiger partial charge is 0.326 e. The molecule has 0 aliphatic heterocycles. The highest BCUT2D eigenvalue weighted by Crippen LogP contribution is 2.24. The van der Waals surface area contributed by atoms with Crippen LogP contribution in [0.25, 0.3) is 11.0 Å². The van der Waals surface area contributed by atoms with Crippen LogP contribution in [0.5, 0.6) is 0 Å². The van der Waals surface area contributed by atoms with Crippen LogP contribution in [0.2, 0.25) is 0 Å². The molecule has 2 rings (SSSR count). The van der Waals surface area contributed by atoms with Gasteiger partial charge in [-0.25, -0.2) is 4.98 Å². The quantitative estimate of drug-likeness (QED) is 0.882. The second kappa shape index (κ2) is 4.15. The van der Waals surface area contributed by atoms with E-state index in [-0.39, 0.29) is 0 Å². The summed E-state index contributed by atoms with van der Waals surface area (Å²) in [5, 5.41) is 0. The summed E-state index contributed by atoms with van der Waals surface area (Å²) in [5.41, 5.74) is 9.28. The molecular formula is C14H21N3. The summed E-state index contributed by atoms with van der Waals surface area (Å²) in [6.45, 7) is 9.24. The number of aryl methyl sites for hydroxylation is 2. The highest BCUT2D eigenvalue weighted by Gasteiger charge is 2.22. The van der Waals surface area contributed by atoms with Crippen LogP contribution >= 0.6 is 0 Å². The number of imidazole rings is 1. The molecule has 0 aliphatic rings. The number of nitrogens with two attached hydrogens (primary N) is 1. The molecule has 1 heterocycles. The second-order valence-electron chi connectivity index (χ2n) is 5.30. The molecule has 3 heteroatoms. The number of rotatable bonds is 3. The van der Waals surface area contributed by atoms with E-state index in [4.69, 9.17) is 10.7 Å². The average Bonchev–Trinajstić information content (AvgIpc) is 2.56. The van der Waals surface area contributed by atoms with Gasteiger partial charge < -0.3 is 10.3 Å². The summed E-state index contributed by atoms with van der Waals surface area (Å²) >= 11 is 0. The summed E-state index contributed by atoms with van der Waals surface area (Å²) in [6, 6.07) is 6.39. The molecule has 0 bridgehead atoms. The molecule has 3 nitrogen and oxygen atoms in total. The predicted molar refractivity (Wildman–Crippen MR) is 72.0 cm³/mol. The van der Waals surface area contributed by atoms with Gasteiger partial charge in [0.05, 0.1) is 16.6 Å². The minimum atomic E-state index is -0.401. The molecule has 1 aromatic heterocycles. The van der Waals surface area contributed by atoms with Gasteiger partial charge >= 0.3 is 0 Å². The van der Waals surface area contributed by atoms with E-state index in [0.29, 0.717) is 0 Å². The first-order chi connectivity index (χ1) is 7.93. The number of hydrogen-bond donors (Lipinski definition) is 1.